The van der Waals surface area contributed by atoms with Crippen LogP contribution in [0.3, 0.4) is 0 Å². The van der Waals surface area contributed by atoms with Crippen molar-refractivity contribution in [2.75, 3.05) is 0 Å². The lowest BCUT2D eigenvalue weighted by Crippen LogP contribution is -2.02. The Morgan fingerprint density at radius 1 is 1.44 bits per heavy atom. The largest absolute Gasteiger partial charge is 0.478 e. The van der Waals surface area contributed by atoms with Crippen LogP contribution in [0.1, 0.15) is 16.1 Å². The monoisotopic (exact) mass is 236 g/mol. The number of aromatic nitrogens is 2. The van der Waals surface area contributed by atoms with Gasteiger partial charge in [0.05, 0.1) is 16.3 Å². The van der Waals surface area contributed by atoms with Crippen molar-refractivity contribution in [3.8, 4) is 5.69 Å². The van der Waals surface area contributed by atoms with Crippen LogP contribution in [-0.2, 0) is 0 Å². The second-order valence-electron chi connectivity index (χ2n) is 3.35. The summed E-state index contributed by atoms with van der Waals surface area (Å²) >= 11 is 5.87. The van der Waals surface area contributed by atoms with E-state index >= 15 is 0 Å². The minimum atomic E-state index is -1.03. The quantitative estimate of drug-likeness (QED) is 0.872. The first-order valence-corrected chi connectivity index (χ1v) is 5.01. The first-order valence-electron chi connectivity index (χ1n) is 4.63. The van der Waals surface area contributed by atoms with Gasteiger partial charge in [-0.05, 0) is 31.2 Å². The molecule has 5 heteroatoms. The number of halogens is 1. The smallest absolute Gasteiger partial charge is 0.337 e. The number of carboxylic acids is 1. The summed E-state index contributed by atoms with van der Waals surface area (Å²) in [5, 5.41) is 13.2. The summed E-state index contributed by atoms with van der Waals surface area (Å²) in [5.41, 5.74) is 1.80. The molecule has 0 radical (unpaired) electrons. The van der Waals surface area contributed by atoms with Crippen LogP contribution < -0.4 is 0 Å². The van der Waals surface area contributed by atoms with Gasteiger partial charge < -0.3 is 5.11 Å². The van der Waals surface area contributed by atoms with E-state index < -0.39 is 5.97 Å². The predicted molar refractivity (Wildman–Crippen MR) is 60.3 cm³/mol. The van der Waals surface area contributed by atoms with E-state index in [-0.39, 0.29) is 10.6 Å². The standard InChI is InChI=1S/C11H9ClN2O2/c1-7-4-5-13-14(7)8-2-3-9(11(15)16)10(12)6-8/h2-6H,1H3,(H,15,16). The lowest BCUT2D eigenvalue weighted by Gasteiger charge is -2.06. The first-order chi connectivity index (χ1) is 7.59. The molecule has 1 N–H and O–H groups in total. The highest BCUT2D eigenvalue weighted by atomic mass is 35.5. The van der Waals surface area contributed by atoms with Crippen LogP contribution in [0.25, 0.3) is 5.69 Å². The Bertz CT molecular complexity index is 549. The molecule has 1 aromatic heterocycles. The molecule has 2 rings (SSSR count). The van der Waals surface area contributed by atoms with Crippen molar-refractivity contribution in [2.24, 2.45) is 0 Å². The molecule has 0 aliphatic rings. The highest BCUT2D eigenvalue weighted by molar-refractivity contribution is 6.33. The molecule has 16 heavy (non-hydrogen) atoms. The number of aromatic carboxylic acids is 1. The van der Waals surface area contributed by atoms with Crippen molar-refractivity contribution in [3.63, 3.8) is 0 Å². The molecule has 2 aromatic rings. The summed E-state index contributed by atoms with van der Waals surface area (Å²) in [4.78, 5) is 10.8. The van der Waals surface area contributed by atoms with Crippen LogP contribution in [0.2, 0.25) is 5.02 Å². The van der Waals surface area contributed by atoms with Crippen LogP contribution >= 0.6 is 11.6 Å². The Labute approximate surface area is 97.1 Å². The van der Waals surface area contributed by atoms with Crippen LogP contribution in [0.5, 0.6) is 0 Å². The third-order valence-corrected chi connectivity index (χ3v) is 2.57. The van der Waals surface area contributed by atoms with E-state index in [4.69, 9.17) is 16.7 Å². The van der Waals surface area contributed by atoms with E-state index in [0.717, 1.165) is 11.4 Å². The summed E-state index contributed by atoms with van der Waals surface area (Å²) in [6.07, 6.45) is 1.67. The number of rotatable bonds is 2. The van der Waals surface area contributed by atoms with Gasteiger partial charge in [0.15, 0.2) is 0 Å². The maximum atomic E-state index is 10.8. The molecule has 0 bridgehead atoms. The number of nitrogens with zero attached hydrogens (tertiary/aromatic N) is 2. The highest BCUT2D eigenvalue weighted by Gasteiger charge is 2.10. The van der Waals surface area contributed by atoms with Crippen LogP contribution in [-0.4, -0.2) is 20.9 Å². The van der Waals surface area contributed by atoms with E-state index in [1.807, 2.05) is 13.0 Å². The van der Waals surface area contributed by atoms with Gasteiger partial charge in [0.1, 0.15) is 0 Å². The van der Waals surface area contributed by atoms with Crippen molar-refractivity contribution in [3.05, 3.63) is 46.7 Å². The minimum absolute atomic E-state index is 0.0928. The maximum absolute atomic E-state index is 10.8. The van der Waals surface area contributed by atoms with Gasteiger partial charge in [-0.3, -0.25) is 0 Å². The van der Waals surface area contributed by atoms with Gasteiger partial charge in [0.2, 0.25) is 0 Å². The summed E-state index contributed by atoms with van der Waals surface area (Å²) in [5.74, 6) is -1.03. The van der Waals surface area contributed by atoms with Crippen molar-refractivity contribution < 1.29 is 9.90 Å². The van der Waals surface area contributed by atoms with Crippen LogP contribution in [0.15, 0.2) is 30.5 Å². The molecular weight excluding hydrogens is 228 g/mol. The number of carboxylic acid groups (broad SMARTS) is 1. The fraction of sp³-hybridized carbons (Fsp3) is 0.0909. The van der Waals surface area contributed by atoms with Crippen LogP contribution in [0, 0.1) is 6.92 Å². The summed E-state index contributed by atoms with van der Waals surface area (Å²) in [6, 6.07) is 6.60. The van der Waals surface area contributed by atoms with E-state index in [2.05, 4.69) is 5.10 Å². The molecule has 0 saturated heterocycles. The van der Waals surface area contributed by atoms with E-state index in [0.29, 0.717) is 0 Å². The average Bonchev–Trinajstić information content (AvgIpc) is 2.63. The molecule has 1 aromatic carbocycles. The molecule has 0 amide bonds. The molecule has 4 nitrogen and oxygen atoms in total. The van der Waals surface area contributed by atoms with Gasteiger partial charge in [-0.15, -0.1) is 0 Å². The molecule has 1 heterocycles. The molecule has 0 unspecified atom stereocenters. The molecule has 0 aliphatic heterocycles. The molecule has 0 aliphatic carbocycles. The topological polar surface area (TPSA) is 55.1 Å². The number of hydrogen-bond donors (Lipinski definition) is 1. The zero-order valence-corrected chi connectivity index (χ0v) is 9.27. The fourth-order valence-electron chi connectivity index (χ4n) is 1.45. The average molecular weight is 237 g/mol. The van der Waals surface area contributed by atoms with E-state index in [1.165, 1.54) is 6.07 Å². The third kappa shape index (κ3) is 1.79. The zero-order chi connectivity index (χ0) is 11.7. The molecule has 0 spiro atoms. The van der Waals surface area contributed by atoms with Crippen LogP contribution in [0.4, 0.5) is 0 Å². The number of carbonyl (C=O) groups is 1. The van der Waals surface area contributed by atoms with Crippen molar-refractivity contribution in [2.45, 2.75) is 6.92 Å². The van der Waals surface area contributed by atoms with Gasteiger partial charge in [-0.25, -0.2) is 9.48 Å². The Hall–Kier alpha value is -1.81. The molecule has 0 saturated carbocycles. The minimum Gasteiger partial charge on any atom is -0.478 e. The van der Waals surface area contributed by atoms with Gasteiger partial charge in [-0.1, -0.05) is 11.6 Å². The predicted octanol–water partition coefficient (Wildman–Crippen LogP) is 2.53. The SMILES string of the molecule is Cc1ccnn1-c1ccc(C(=O)O)c(Cl)c1. The van der Waals surface area contributed by atoms with Gasteiger partial charge in [0.25, 0.3) is 0 Å². The lowest BCUT2D eigenvalue weighted by molar-refractivity contribution is 0.0697. The van der Waals surface area contributed by atoms with Crippen molar-refractivity contribution >= 4 is 17.6 Å². The van der Waals surface area contributed by atoms with Gasteiger partial charge in [0, 0.05) is 11.9 Å². The van der Waals surface area contributed by atoms with Gasteiger partial charge in [-0.2, -0.15) is 5.10 Å². The van der Waals surface area contributed by atoms with Gasteiger partial charge >= 0.3 is 5.97 Å². The maximum Gasteiger partial charge on any atom is 0.337 e. The fourth-order valence-corrected chi connectivity index (χ4v) is 1.70. The Kier molecular flexibility index (Phi) is 2.66. The summed E-state index contributed by atoms with van der Waals surface area (Å²) in [7, 11) is 0. The van der Waals surface area contributed by atoms with Crippen molar-refractivity contribution in [1.29, 1.82) is 0 Å². The summed E-state index contributed by atoms with van der Waals surface area (Å²) in [6.45, 7) is 1.91. The van der Waals surface area contributed by atoms with Crippen molar-refractivity contribution in [1.82, 2.24) is 9.78 Å². The highest BCUT2D eigenvalue weighted by Crippen LogP contribution is 2.20. The number of hydrogen-bond acceptors (Lipinski definition) is 2. The second-order valence-corrected chi connectivity index (χ2v) is 3.76. The first kappa shape index (κ1) is 10.7. The summed E-state index contributed by atoms with van der Waals surface area (Å²) < 4.78 is 1.69. The third-order valence-electron chi connectivity index (χ3n) is 2.26. The second kappa shape index (κ2) is 3.98. The Morgan fingerprint density at radius 2 is 2.19 bits per heavy atom. The molecule has 82 valence electrons. The van der Waals surface area contributed by atoms with E-state index in [1.54, 1.807) is 23.0 Å². The molecule has 0 fully saturated rings. The normalized spacial score (nSPS) is 10.4. The number of aryl methyl sites for hydroxylation is 1. The number of benzene rings is 1. The van der Waals surface area contributed by atoms with E-state index in [9.17, 15) is 4.79 Å². The Balaban J connectivity index is 2.50. The zero-order valence-electron chi connectivity index (χ0n) is 8.51. The molecule has 0 atom stereocenters. The Morgan fingerprint density at radius 3 is 2.69 bits per heavy atom. The molecular formula is C11H9ClN2O2. The lowest BCUT2D eigenvalue weighted by atomic mass is 10.2.